The second-order valence-electron chi connectivity index (χ2n) is 4.08. The van der Waals surface area contributed by atoms with Gasteiger partial charge in [0.1, 0.15) is 0 Å². The van der Waals surface area contributed by atoms with Gasteiger partial charge in [0.05, 0.1) is 0 Å². The Kier molecular flexibility index (Phi) is 3.17. The Morgan fingerprint density at radius 3 is 2.50 bits per heavy atom. The zero-order chi connectivity index (χ0) is 11.5. The Balaban J connectivity index is 2.05. The van der Waals surface area contributed by atoms with Gasteiger partial charge in [0.2, 0.25) is 0 Å². The highest BCUT2D eigenvalue weighted by Crippen LogP contribution is 2.18. The first-order valence-corrected chi connectivity index (χ1v) is 5.43. The van der Waals surface area contributed by atoms with Crippen molar-refractivity contribution in [3.63, 3.8) is 0 Å². The highest BCUT2D eigenvalue weighted by atomic mass is 19.2. The lowest BCUT2D eigenvalue weighted by molar-refractivity contribution is 0.0937. The van der Waals surface area contributed by atoms with Crippen LogP contribution < -0.4 is 5.32 Å². The van der Waals surface area contributed by atoms with Crippen molar-refractivity contribution in [1.82, 2.24) is 5.32 Å². The molecule has 0 unspecified atom stereocenters. The Morgan fingerprint density at radius 2 is 1.88 bits per heavy atom. The molecule has 0 aromatic heterocycles. The molecule has 1 fully saturated rings. The molecule has 16 heavy (non-hydrogen) atoms. The van der Waals surface area contributed by atoms with E-state index in [1.54, 1.807) is 0 Å². The summed E-state index contributed by atoms with van der Waals surface area (Å²) in [7, 11) is 0. The fraction of sp³-hybridized carbons (Fsp3) is 0.417. The second-order valence-corrected chi connectivity index (χ2v) is 4.08. The van der Waals surface area contributed by atoms with Gasteiger partial charge in [-0.3, -0.25) is 4.79 Å². The van der Waals surface area contributed by atoms with Crippen LogP contribution in [0.15, 0.2) is 18.2 Å². The number of carbonyl (C=O) groups is 1. The zero-order valence-corrected chi connectivity index (χ0v) is 8.80. The van der Waals surface area contributed by atoms with Crippen LogP contribution in [0.5, 0.6) is 0 Å². The van der Waals surface area contributed by atoms with Crippen LogP contribution in [0.1, 0.15) is 36.0 Å². The van der Waals surface area contributed by atoms with Crippen LogP contribution in [-0.4, -0.2) is 11.9 Å². The summed E-state index contributed by atoms with van der Waals surface area (Å²) in [5.41, 5.74) is 0.172. The summed E-state index contributed by atoms with van der Waals surface area (Å²) >= 11 is 0. The highest BCUT2D eigenvalue weighted by molar-refractivity contribution is 5.94. The fourth-order valence-corrected chi connectivity index (χ4v) is 1.98. The molecular formula is C12H13F2NO. The first kappa shape index (κ1) is 11.0. The van der Waals surface area contributed by atoms with Gasteiger partial charge in [-0.2, -0.15) is 0 Å². The number of hydrogen-bond donors (Lipinski definition) is 1. The molecule has 0 bridgehead atoms. The smallest absolute Gasteiger partial charge is 0.251 e. The molecule has 0 radical (unpaired) electrons. The number of amides is 1. The molecule has 2 nitrogen and oxygen atoms in total. The molecule has 86 valence electrons. The third-order valence-electron chi connectivity index (χ3n) is 2.87. The minimum atomic E-state index is -0.987. The van der Waals surface area contributed by atoms with Gasteiger partial charge in [0.25, 0.3) is 5.91 Å². The van der Waals surface area contributed by atoms with Crippen molar-refractivity contribution < 1.29 is 13.6 Å². The molecule has 0 heterocycles. The van der Waals surface area contributed by atoms with Gasteiger partial charge in [0, 0.05) is 11.6 Å². The molecule has 1 amide bonds. The first-order chi connectivity index (χ1) is 7.66. The van der Waals surface area contributed by atoms with E-state index in [2.05, 4.69) is 5.32 Å². The quantitative estimate of drug-likeness (QED) is 0.823. The average molecular weight is 225 g/mol. The first-order valence-electron chi connectivity index (χ1n) is 5.43. The lowest BCUT2D eigenvalue weighted by Crippen LogP contribution is -2.32. The molecular weight excluding hydrogens is 212 g/mol. The monoisotopic (exact) mass is 225 g/mol. The number of nitrogens with one attached hydrogen (secondary N) is 1. The van der Waals surface area contributed by atoms with Crippen molar-refractivity contribution in [1.29, 1.82) is 0 Å². The van der Waals surface area contributed by atoms with E-state index in [1.165, 1.54) is 6.07 Å². The van der Waals surface area contributed by atoms with Crippen molar-refractivity contribution in [2.75, 3.05) is 0 Å². The van der Waals surface area contributed by atoms with E-state index in [-0.39, 0.29) is 17.5 Å². The van der Waals surface area contributed by atoms with Gasteiger partial charge in [-0.05, 0) is 31.0 Å². The average Bonchev–Trinajstić information content (AvgIpc) is 2.74. The Labute approximate surface area is 92.7 Å². The van der Waals surface area contributed by atoms with E-state index in [0.717, 1.165) is 37.8 Å². The molecule has 1 saturated carbocycles. The zero-order valence-electron chi connectivity index (χ0n) is 8.80. The van der Waals surface area contributed by atoms with Crippen LogP contribution in [0, 0.1) is 11.6 Å². The van der Waals surface area contributed by atoms with Gasteiger partial charge in [-0.25, -0.2) is 8.78 Å². The number of carbonyl (C=O) groups excluding carboxylic acids is 1. The summed E-state index contributed by atoms with van der Waals surface area (Å²) in [6.07, 6.45) is 4.16. The van der Waals surface area contributed by atoms with Crippen LogP contribution in [0.3, 0.4) is 0 Å². The van der Waals surface area contributed by atoms with Crippen LogP contribution >= 0.6 is 0 Å². The molecule has 0 atom stereocenters. The second kappa shape index (κ2) is 4.60. The molecule has 0 aliphatic heterocycles. The van der Waals surface area contributed by atoms with Crippen molar-refractivity contribution in [2.24, 2.45) is 0 Å². The number of halogens is 2. The van der Waals surface area contributed by atoms with Crippen LogP contribution in [0.4, 0.5) is 8.78 Å². The van der Waals surface area contributed by atoms with Crippen molar-refractivity contribution in [3.05, 3.63) is 35.4 Å². The molecule has 1 aliphatic rings. The van der Waals surface area contributed by atoms with Gasteiger partial charge in [0.15, 0.2) is 11.6 Å². The number of rotatable bonds is 2. The number of benzene rings is 1. The standard InChI is InChI=1S/C12H13F2NO/c13-10-6-5-8(7-11(10)14)12(16)15-9-3-1-2-4-9/h5-7,9H,1-4H2,(H,15,16). The molecule has 0 spiro atoms. The van der Waals surface area contributed by atoms with Gasteiger partial charge in [-0.15, -0.1) is 0 Å². The maximum Gasteiger partial charge on any atom is 0.251 e. The molecule has 0 saturated heterocycles. The molecule has 1 N–H and O–H groups in total. The summed E-state index contributed by atoms with van der Waals surface area (Å²) < 4.78 is 25.6. The van der Waals surface area contributed by atoms with Crippen molar-refractivity contribution in [3.8, 4) is 0 Å². The molecule has 1 aromatic carbocycles. The minimum Gasteiger partial charge on any atom is -0.349 e. The normalized spacial score (nSPS) is 16.4. The topological polar surface area (TPSA) is 29.1 Å². The molecule has 1 aliphatic carbocycles. The van der Waals surface area contributed by atoms with E-state index >= 15 is 0 Å². The van der Waals surface area contributed by atoms with E-state index in [9.17, 15) is 13.6 Å². The SMILES string of the molecule is O=C(NC1CCCC1)c1ccc(F)c(F)c1. The predicted molar refractivity (Wildman–Crippen MR) is 56.1 cm³/mol. The van der Waals surface area contributed by atoms with E-state index in [4.69, 9.17) is 0 Å². The summed E-state index contributed by atoms with van der Waals surface area (Å²) in [6, 6.07) is 3.38. The van der Waals surface area contributed by atoms with E-state index < -0.39 is 11.6 Å². The van der Waals surface area contributed by atoms with Crippen LogP contribution in [0.25, 0.3) is 0 Å². The fourth-order valence-electron chi connectivity index (χ4n) is 1.98. The lowest BCUT2D eigenvalue weighted by atomic mass is 10.1. The maximum absolute atomic E-state index is 12.9. The third kappa shape index (κ3) is 2.38. The molecule has 4 heteroatoms. The lowest BCUT2D eigenvalue weighted by Gasteiger charge is -2.11. The number of hydrogen-bond acceptors (Lipinski definition) is 1. The molecule has 2 rings (SSSR count). The Morgan fingerprint density at radius 1 is 1.19 bits per heavy atom. The van der Waals surface area contributed by atoms with Crippen LogP contribution in [0.2, 0.25) is 0 Å². The third-order valence-corrected chi connectivity index (χ3v) is 2.87. The largest absolute Gasteiger partial charge is 0.349 e. The van der Waals surface area contributed by atoms with E-state index in [0.29, 0.717) is 0 Å². The van der Waals surface area contributed by atoms with Gasteiger partial charge < -0.3 is 5.32 Å². The Hall–Kier alpha value is -1.45. The minimum absolute atomic E-state index is 0.172. The van der Waals surface area contributed by atoms with Gasteiger partial charge in [-0.1, -0.05) is 12.8 Å². The van der Waals surface area contributed by atoms with Crippen LogP contribution in [-0.2, 0) is 0 Å². The van der Waals surface area contributed by atoms with E-state index in [1.807, 2.05) is 0 Å². The van der Waals surface area contributed by atoms with Crippen molar-refractivity contribution >= 4 is 5.91 Å². The van der Waals surface area contributed by atoms with Gasteiger partial charge >= 0.3 is 0 Å². The maximum atomic E-state index is 12.9. The summed E-state index contributed by atoms with van der Waals surface area (Å²) in [4.78, 5) is 11.7. The molecule has 1 aromatic rings. The summed E-state index contributed by atoms with van der Waals surface area (Å²) in [5.74, 6) is -2.25. The van der Waals surface area contributed by atoms with Crippen molar-refractivity contribution in [2.45, 2.75) is 31.7 Å². The highest BCUT2D eigenvalue weighted by Gasteiger charge is 2.18. The summed E-state index contributed by atoms with van der Waals surface area (Å²) in [5, 5.41) is 2.81. The predicted octanol–water partition coefficient (Wildman–Crippen LogP) is 2.64. The Bertz CT molecular complexity index is 400. The summed E-state index contributed by atoms with van der Waals surface area (Å²) in [6.45, 7) is 0.